The molecule has 2 heteroatoms. The number of hydrogen-bond donors (Lipinski definition) is 1. The van der Waals surface area contributed by atoms with E-state index in [0.29, 0.717) is 0 Å². The predicted molar refractivity (Wildman–Crippen MR) is 57.7 cm³/mol. The first-order valence-electron chi connectivity index (χ1n) is 5.25. The van der Waals surface area contributed by atoms with Crippen LogP contribution in [-0.4, -0.2) is 19.7 Å². The third-order valence-electron chi connectivity index (χ3n) is 2.74. The topological polar surface area (TPSA) is 21.3 Å². The van der Waals surface area contributed by atoms with Crippen molar-refractivity contribution in [2.75, 3.05) is 19.7 Å². The highest BCUT2D eigenvalue weighted by Crippen LogP contribution is 2.17. The van der Waals surface area contributed by atoms with Gasteiger partial charge in [-0.3, -0.25) is 0 Å². The van der Waals surface area contributed by atoms with Gasteiger partial charge in [0.2, 0.25) is 0 Å². The molecule has 1 saturated heterocycles. The van der Waals surface area contributed by atoms with E-state index < -0.39 is 0 Å². The van der Waals surface area contributed by atoms with Crippen LogP contribution >= 0.6 is 0 Å². The van der Waals surface area contributed by atoms with Gasteiger partial charge in [0, 0.05) is 0 Å². The van der Waals surface area contributed by atoms with Crippen molar-refractivity contribution in [3.05, 3.63) is 29.8 Å². The average Bonchev–Trinajstić information content (AvgIpc) is 2.12. The van der Waals surface area contributed by atoms with Gasteiger partial charge in [-0.25, -0.2) is 0 Å². The molecule has 0 unspecified atom stereocenters. The Bertz CT molecular complexity index is 294. The zero-order chi connectivity index (χ0) is 9.80. The third kappa shape index (κ3) is 2.26. The Balaban J connectivity index is 1.76. The third-order valence-corrected chi connectivity index (χ3v) is 2.74. The van der Waals surface area contributed by atoms with Gasteiger partial charge in [-0.1, -0.05) is 18.2 Å². The lowest BCUT2D eigenvalue weighted by atomic mass is 10.0. The maximum Gasteiger partial charge on any atom is 0.122 e. The number of para-hydroxylation sites is 1. The highest BCUT2D eigenvalue weighted by atomic mass is 16.5. The van der Waals surface area contributed by atoms with Gasteiger partial charge in [0.1, 0.15) is 5.75 Å². The normalized spacial score (nSPS) is 16.4. The van der Waals surface area contributed by atoms with Crippen molar-refractivity contribution < 1.29 is 4.74 Å². The number of benzene rings is 1. The van der Waals surface area contributed by atoms with Gasteiger partial charge in [-0.2, -0.15) is 0 Å². The van der Waals surface area contributed by atoms with E-state index in [1.54, 1.807) is 0 Å². The smallest absolute Gasteiger partial charge is 0.122 e. The van der Waals surface area contributed by atoms with Crippen LogP contribution in [0.5, 0.6) is 5.75 Å². The Morgan fingerprint density at radius 3 is 2.79 bits per heavy atom. The van der Waals surface area contributed by atoms with Crippen molar-refractivity contribution in [1.82, 2.24) is 5.32 Å². The fraction of sp³-hybridized carbons (Fsp3) is 0.500. The van der Waals surface area contributed by atoms with E-state index in [4.69, 9.17) is 4.74 Å². The van der Waals surface area contributed by atoms with Gasteiger partial charge in [0.15, 0.2) is 0 Å². The van der Waals surface area contributed by atoms with Crippen LogP contribution in [-0.2, 0) is 0 Å². The van der Waals surface area contributed by atoms with Crippen molar-refractivity contribution in [2.24, 2.45) is 5.92 Å². The Kier molecular flexibility index (Phi) is 3.04. The fourth-order valence-electron chi connectivity index (χ4n) is 1.61. The van der Waals surface area contributed by atoms with Gasteiger partial charge >= 0.3 is 0 Å². The molecule has 14 heavy (non-hydrogen) atoms. The first-order chi connectivity index (χ1) is 6.86. The maximum absolute atomic E-state index is 5.72. The number of rotatable bonds is 4. The van der Waals surface area contributed by atoms with E-state index in [2.05, 4.69) is 18.3 Å². The quantitative estimate of drug-likeness (QED) is 0.785. The molecule has 2 nitrogen and oxygen atoms in total. The number of aryl methyl sites for hydroxylation is 1. The Labute approximate surface area is 85.3 Å². The average molecular weight is 191 g/mol. The molecule has 1 aromatic rings. The summed E-state index contributed by atoms with van der Waals surface area (Å²) in [6.45, 7) is 5.26. The van der Waals surface area contributed by atoms with Crippen molar-refractivity contribution in [2.45, 2.75) is 13.3 Å². The van der Waals surface area contributed by atoms with E-state index in [9.17, 15) is 0 Å². The summed E-state index contributed by atoms with van der Waals surface area (Å²) in [5, 5.41) is 3.27. The molecule has 1 aliphatic heterocycles. The van der Waals surface area contributed by atoms with Crippen LogP contribution < -0.4 is 10.1 Å². The maximum atomic E-state index is 5.72. The van der Waals surface area contributed by atoms with E-state index in [-0.39, 0.29) is 0 Å². The molecule has 0 amide bonds. The second-order valence-corrected chi connectivity index (χ2v) is 3.93. The summed E-state index contributed by atoms with van der Waals surface area (Å²) in [5.74, 6) is 1.86. The van der Waals surface area contributed by atoms with E-state index in [1.807, 2.05) is 18.2 Å². The van der Waals surface area contributed by atoms with Gasteiger partial charge in [0.25, 0.3) is 0 Å². The highest BCUT2D eigenvalue weighted by molar-refractivity contribution is 5.31. The number of hydrogen-bond acceptors (Lipinski definition) is 2. The summed E-state index contributed by atoms with van der Waals surface area (Å²) in [5.41, 5.74) is 1.22. The zero-order valence-electron chi connectivity index (χ0n) is 8.62. The summed E-state index contributed by atoms with van der Waals surface area (Å²) in [6.07, 6.45) is 1.17. The van der Waals surface area contributed by atoms with Crippen LogP contribution in [0.3, 0.4) is 0 Å². The standard InChI is InChI=1S/C12H17NO/c1-10-4-2-3-5-12(10)14-7-6-11-8-13-9-11/h2-5,11,13H,6-9H2,1H3. The molecule has 0 aromatic heterocycles. The van der Waals surface area contributed by atoms with Crippen molar-refractivity contribution >= 4 is 0 Å². The van der Waals surface area contributed by atoms with Gasteiger partial charge in [-0.15, -0.1) is 0 Å². The van der Waals surface area contributed by atoms with E-state index in [0.717, 1.165) is 31.4 Å². The lowest BCUT2D eigenvalue weighted by Gasteiger charge is -2.26. The SMILES string of the molecule is Cc1ccccc1OCCC1CNC1. The summed E-state index contributed by atoms with van der Waals surface area (Å²) in [4.78, 5) is 0. The van der Waals surface area contributed by atoms with E-state index in [1.165, 1.54) is 12.0 Å². The molecule has 76 valence electrons. The molecule has 1 N–H and O–H groups in total. The lowest BCUT2D eigenvalue weighted by molar-refractivity contribution is 0.237. The molecule has 1 aliphatic rings. The second-order valence-electron chi connectivity index (χ2n) is 3.93. The van der Waals surface area contributed by atoms with Crippen LogP contribution in [0.25, 0.3) is 0 Å². The Morgan fingerprint density at radius 2 is 2.14 bits per heavy atom. The molecule has 0 saturated carbocycles. The molecule has 0 spiro atoms. The summed E-state index contributed by atoms with van der Waals surface area (Å²) in [6, 6.07) is 8.18. The molecule has 0 aliphatic carbocycles. The minimum absolute atomic E-state index is 0.832. The monoisotopic (exact) mass is 191 g/mol. The lowest BCUT2D eigenvalue weighted by Crippen LogP contribution is -2.42. The van der Waals surface area contributed by atoms with Crippen molar-refractivity contribution in [1.29, 1.82) is 0 Å². The Morgan fingerprint density at radius 1 is 1.36 bits per heavy atom. The van der Waals surface area contributed by atoms with Crippen LogP contribution in [0.4, 0.5) is 0 Å². The van der Waals surface area contributed by atoms with Gasteiger partial charge in [-0.05, 0) is 44.0 Å². The van der Waals surface area contributed by atoms with Crippen LogP contribution in [0.2, 0.25) is 0 Å². The minimum Gasteiger partial charge on any atom is -0.493 e. The Hall–Kier alpha value is -1.02. The fourth-order valence-corrected chi connectivity index (χ4v) is 1.61. The van der Waals surface area contributed by atoms with Crippen molar-refractivity contribution in [3.8, 4) is 5.75 Å². The molecule has 1 aromatic carbocycles. The number of ether oxygens (including phenoxy) is 1. The van der Waals surface area contributed by atoms with Crippen LogP contribution in [0.15, 0.2) is 24.3 Å². The van der Waals surface area contributed by atoms with E-state index >= 15 is 0 Å². The highest BCUT2D eigenvalue weighted by Gasteiger charge is 2.15. The van der Waals surface area contributed by atoms with Crippen LogP contribution in [0.1, 0.15) is 12.0 Å². The minimum atomic E-state index is 0.832. The van der Waals surface area contributed by atoms with Crippen LogP contribution in [0, 0.1) is 12.8 Å². The second kappa shape index (κ2) is 4.47. The molecular formula is C12H17NO. The predicted octanol–water partition coefficient (Wildman–Crippen LogP) is 1.98. The van der Waals surface area contributed by atoms with Crippen molar-refractivity contribution in [3.63, 3.8) is 0 Å². The molecule has 0 bridgehead atoms. The summed E-state index contributed by atoms with van der Waals surface area (Å²) in [7, 11) is 0. The summed E-state index contributed by atoms with van der Waals surface area (Å²) < 4.78 is 5.72. The molecular weight excluding hydrogens is 174 g/mol. The first-order valence-corrected chi connectivity index (χ1v) is 5.25. The molecule has 1 heterocycles. The molecule has 0 radical (unpaired) electrons. The van der Waals surface area contributed by atoms with Gasteiger partial charge in [0.05, 0.1) is 6.61 Å². The first kappa shape index (κ1) is 9.53. The number of nitrogens with one attached hydrogen (secondary N) is 1. The molecule has 0 atom stereocenters. The van der Waals surface area contributed by atoms with Gasteiger partial charge < -0.3 is 10.1 Å². The zero-order valence-corrected chi connectivity index (χ0v) is 8.62. The summed E-state index contributed by atoms with van der Waals surface area (Å²) >= 11 is 0. The molecule has 2 rings (SSSR count). The largest absolute Gasteiger partial charge is 0.493 e. The molecule has 1 fully saturated rings.